The maximum atomic E-state index is 13.2. The van der Waals surface area contributed by atoms with Gasteiger partial charge in [0.25, 0.3) is 5.91 Å². The summed E-state index contributed by atoms with van der Waals surface area (Å²) >= 11 is 7.40. The summed E-state index contributed by atoms with van der Waals surface area (Å²) in [5.41, 5.74) is 2.66. The molecule has 1 unspecified atom stereocenters. The number of anilines is 2. The number of benzene rings is 3. The molecular formula is C26H20ClN3O2S. The number of aromatic nitrogens is 1. The number of pyridine rings is 1. The second-order valence-corrected chi connectivity index (χ2v) is 8.74. The molecule has 4 aromatic rings. The number of nitrogens with one attached hydrogen (secondary N) is 2. The molecule has 3 aromatic carbocycles. The largest absolute Gasteiger partial charge is 0.325 e. The number of halogens is 1. The highest BCUT2D eigenvalue weighted by Gasteiger charge is 2.22. The van der Waals surface area contributed by atoms with Gasteiger partial charge in [-0.3, -0.25) is 14.6 Å². The molecule has 0 saturated heterocycles. The Morgan fingerprint density at radius 3 is 2.30 bits per heavy atom. The van der Waals surface area contributed by atoms with Gasteiger partial charge in [-0.1, -0.05) is 54.1 Å². The van der Waals surface area contributed by atoms with Crippen LogP contribution in [0.15, 0.2) is 108 Å². The highest BCUT2D eigenvalue weighted by Crippen LogP contribution is 2.37. The Bertz CT molecular complexity index is 1250. The van der Waals surface area contributed by atoms with Crippen molar-refractivity contribution in [2.24, 2.45) is 0 Å². The van der Waals surface area contributed by atoms with E-state index in [0.29, 0.717) is 22.0 Å². The quantitative estimate of drug-likeness (QED) is 0.302. The van der Waals surface area contributed by atoms with E-state index >= 15 is 0 Å². The van der Waals surface area contributed by atoms with Gasteiger partial charge >= 0.3 is 0 Å². The van der Waals surface area contributed by atoms with Crippen molar-refractivity contribution < 1.29 is 9.59 Å². The van der Waals surface area contributed by atoms with Crippen molar-refractivity contribution in [3.05, 3.63) is 120 Å². The van der Waals surface area contributed by atoms with E-state index in [1.165, 1.54) is 11.8 Å². The first-order valence-corrected chi connectivity index (χ1v) is 11.4. The molecule has 1 aromatic heterocycles. The first-order valence-electron chi connectivity index (χ1n) is 10.2. The van der Waals surface area contributed by atoms with E-state index in [2.05, 4.69) is 15.6 Å². The number of carbonyl (C=O) groups excluding carboxylic acids is 2. The van der Waals surface area contributed by atoms with Gasteiger partial charge in [-0.25, -0.2) is 0 Å². The molecular weight excluding hydrogens is 454 g/mol. The fraction of sp³-hybridized carbons (Fsp3) is 0.0385. The van der Waals surface area contributed by atoms with Crippen LogP contribution in [0.1, 0.15) is 21.2 Å². The summed E-state index contributed by atoms with van der Waals surface area (Å²) in [6.45, 7) is 0. The smallest absolute Gasteiger partial charge is 0.255 e. The molecule has 0 aliphatic heterocycles. The van der Waals surface area contributed by atoms with Crippen LogP contribution in [0.25, 0.3) is 0 Å². The number of hydrogen-bond donors (Lipinski definition) is 2. The Labute approximate surface area is 201 Å². The lowest BCUT2D eigenvalue weighted by molar-refractivity contribution is -0.115. The van der Waals surface area contributed by atoms with Crippen molar-refractivity contribution >= 4 is 46.6 Å². The Hall–Kier alpha value is -3.61. The number of amides is 2. The highest BCUT2D eigenvalue weighted by atomic mass is 35.5. The predicted molar refractivity (Wildman–Crippen MR) is 134 cm³/mol. The van der Waals surface area contributed by atoms with E-state index in [1.54, 1.807) is 54.9 Å². The topological polar surface area (TPSA) is 71.1 Å². The zero-order valence-corrected chi connectivity index (χ0v) is 19.0. The standard InChI is InChI=1S/C26H20ClN3O2S/c27-20-9-4-8-19(16-20)25(31)30-22-10-5-11-23(17-22)33-24(18-6-2-1-3-7-18)26(32)29-21-12-14-28-15-13-21/h1-17,24H,(H,30,31)(H,28,29,32). The molecule has 0 saturated carbocycles. The zero-order valence-electron chi connectivity index (χ0n) is 17.4. The normalized spacial score (nSPS) is 11.4. The minimum atomic E-state index is -0.488. The summed E-state index contributed by atoms with van der Waals surface area (Å²) in [5, 5.41) is 5.85. The van der Waals surface area contributed by atoms with Crippen molar-refractivity contribution in [2.75, 3.05) is 10.6 Å². The number of rotatable bonds is 7. The molecule has 0 bridgehead atoms. The van der Waals surface area contributed by atoms with Crippen LogP contribution in [-0.4, -0.2) is 16.8 Å². The Balaban J connectivity index is 1.54. The van der Waals surface area contributed by atoms with Gasteiger partial charge in [0, 0.05) is 39.3 Å². The van der Waals surface area contributed by atoms with Crippen molar-refractivity contribution in [1.82, 2.24) is 4.98 Å². The monoisotopic (exact) mass is 473 g/mol. The summed E-state index contributed by atoms with van der Waals surface area (Å²) < 4.78 is 0. The lowest BCUT2D eigenvalue weighted by Gasteiger charge is -2.17. The van der Waals surface area contributed by atoms with Crippen LogP contribution in [0.2, 0.25) is 5.02 Å². The van der Waals surface area contributed by atoms with Crippen molar-refractivity contribution in [2.45, 2.75) is 10.1 Å². The summed E-state index contributed by atoms with van der Waals surface area (Å²) in [4.78, 5) is 30.6. The lowest BCUT2D eigenvalue weighted by atomic mass is 10.1. The molecule has 2 amide bonds. The predicted octanol–water partition coefficient (Wildman–Crippen LogP) is 6.46. The van der Waals surface area contributed by atoms with Gasteiger partial charge in [0.1, 0.15) is 5.25 Å². The third kappa shape index (κ3) is 6.22. The third-order valence-electron chi connectivity index (χ3n) is 4.72. The van der Waals surface area contributed by atoms with Crippen molar-refractivity contribution in [3.8, 4) is 0 Å². The van der Waals surface area contributed by atoms with E-state index in [1.807, 2.05) is 48.5 Å². The fourth-order valence-corrected chi connectivity index (χ4v) is 4.43. The van der Waals surface area contributed by atoms with E-state index < -0.39 is 5.25 Å². The maximum absolute atomic E-state index is 13.2. The second kappa shape index (κ2) is 10.8. The van der Waals surface area contributed by atoms with Gasteiger partial charge in [0.2, 0.25) is 5.91 Å². The number of carbonyl (C=O) groups is 2. The summed E-state index contributed by atoms with van der Waals surface area (Å²) in [5.74, 6) is -0.402. The van der Waals surface area contributed by atoms with Crippen LogP contribution in [0.3, 0.4) is 0 Å². The van der Waals surface area contributed by atoms with Gasteiger partial charge < -0.3 is 10.6 Å². The van der Waals surface area contributed by atoms with Crippen LogP contribution < -0.4 is 10.6 Å². The first kappa shape index (κ1) is 22.6. The zero-order chi connectivity index (χ0) is 23.0. The molecule has 1 heterocycles. The molecule has 4 rings (SSSR count). The fourth-order valence-electron chi connectivity index (χ4n) is 3.16. The molecule has 7 heteroatoms. The van der Waals surface area contributed by atoms with Crippen LogP contribution in [-0.2, 0) is 4.79 Å². The first-order chi connectivity index (χ1) is 16.1. The maximum Gasteiger partial charge on any atom is 0.255 e. The summed E-state index contributed by atoms with van der Waals surface area (Å²) in [6.07, 6.45) is 3.26. The van der Waals surface area contributed by atoms with Gasteiger partial charge in [-0.15, -0.1) is 11.8 Å². The second-order valence-electron chi connectivity index (χ2n) is 7.13. The van der Waals surface area contributed by atoms with Crippen molar-refractivity contribution in [3.63, 3.8) is 0 Å². The minimum Gasteiger partial charge on any atom is -0.325 e. The van der Waals surface area contributed by atoms with E-state index in [0.717, 1.165) is 10.5 Å². The molecule has 0 aliphatic carbocycles. The van der Waals surface area contributed by atoms with Crippen molar-refractivity contribution in [1.29, 1.82) is 0 Å². The van der Waals surface area contributed by atoms with E-state index in [-0.39, 0.29) is 11.8 Å². The molecule has 164 valence electrons. The van der Waals surface area contributed by atoms with Crippen LogP contribution >= 0.6 is 23.4 Å². The molecule has 0 radical (unpaired) electrons. The minimum absolute atomic E-state index is 0.147. The molecule has 1 atom stereocenters. The van der Waals surface area contributed by atoms with E-state index in [9.17, 15) is 9.59 Å². The van der Waals surface area contributed by atoms with Gasteiger partial charge in [0.15, 0.2) is 0 Å². The molecule has 33 heavy (non-hydrogen) atoms. The molecule has 5 nitrogen and oxygen atoms in total. The SMILES string of the molecule is O=C(Nc1cccc(SC(C(=O)Nc2ccncc2)c2ccccc2)c1)c1cccc(Cl)c1. The van der Waals surface area contributed by atoms with Crippen LogP contribution in [0.4, 0.5) is 11.4 Å². The molecule has 2 N–H and O–H groups in total. The highest BCUT2D eigenvalue weighted by molar-refractivity contribution is 8.00. The Kier molecular flexibility index (Phi) is 7.40. The summed E-state index contributed by atoms with van der Waals surface area (Å²) in [6, 6.07) is 27.3. The number of hydrogen-bond acceptors (Lipinski definition) is 4. The Morgan fingerprint density at radius 2 is 1.55 bits per heavy atom. The average Bonchev–Trinajstić information content (AvgIpc) is 2.84. The lowest BCUT2D eigenvalue weighted by Crippen LogP contribution is -2.19. The van der Waals surface area contributed by atoms with Gasteiger partial charge in [-0.05, 0) is 54.1 Å². The molecule has 0 aliphatic rings. The summed E-state index contributed by atoms with van der Waals surface area (Å²) in [7, 11) is 0. The molecule has 0 fully saturated rings. The van der Waals surface area contributed by atoms with Crippen LogP contribution in [0, 0.1) is 0 Å². The van der Waals surface area contributed by atoms with Gasteiger partial charge in [0.05, 0.1) is 0 Å². The average molecular weight is 474 g/mol. The van der Waals surface area contributed by atoms with Crippen LogP contribution in [0.5, 0.6) is 0 Å². The van der Waals surface area contributed by atoms with Gasteiger partial charge in [-0.2, -0.15) is 0 Å². The number of nitrogens with zero attached hydrogens (tertiary/aromatic N) is 1. The van der Waals surface area contributed by atoms with E-state index in [4.69, 9.17) is 11.6 Å². The number of thioether (sulfide) groups is 1. The Morgan fingerprint density at radius 1 is 0.788 bits per heavy atom. The molecule has 0 spiro atoms. The third-order valence-corrected chi connectivity index (χ3v) is 6.20.